The zero-order valence-corrected chi connectivity index (χ0v) is 26.8. The Kier molecular flexibility index (Phi) is 4.94. The molecule has 0 saturated heterocycles. The van der Waals surface area contributed by atoms with Gasteiger partial charge in [0.1, 0.15) is 0 Å². The number of aromatic nitrogens is 4. The summed E-state index contributed by atoms with van der Waals surface area (Å²) in [6.45, 7) is 0. The molecule has 0 aliphatic heterocycles. The molecule has 0 atom stereocenters. The van der Waals surface area contributed by atoms with E-state index >= 15 is 0 Å². The Balaban J connectivity index is 1.31. The summed E-state index contributed by atoms with van der Waals surface area (Å²) >= 11 is 0. The first kappa shape index (κ1) is 26.2. The Bertz CT molecular complexity index is 3380. The van der Waals surface area contributed by atoms with Crippen LogP contribution in [0.15, 0.2) is 158 Å². The SMILES string of the molecule is c1ccc2c(-c3nc(-n4c5ccccc5c5cc6c7c8ccccc8ccc7n7c8ccccc8c(c54)c67)nc4ccccc34)cccc2c1. The molecule has 0 amide bonds. The molecule has 4 aromatic heterocycles. The van der Waals surface area contributed by atoms with Crippen LogP contribution in [0.1, 0.15) is 0 Å². The Labute approximate surface area is 285 Å². The third-order valence-electron chi connectivity index (χ3n) is 10.8. The van der Waals surface area contributed by atoms with Crippen molar-refractivity contribution in [2.45, 2.75) is 0 Å². The molecular weight excluding hydrogens is 609 g/mol. The molecule has 0 N–H and O–H groups in total. The largest absolute Gasteiger partial charge is 0.308 e. The minimum absolute atomic E-state index is 0.672. The van der Waals surface area contributed by atoms with E-state index in [-0.39, 0.29) is 0 Å². The molecule has 0 saturated carbocycles. The van der Waals surface area contributed by atoms with Gasteiger partial charge in [0.15, 0.2) is 0 Å². The Morgan fingerprint density at radius 2 is 1.04 bits per heavy atom. The van der Waals surface area contributed by atoms with E-state index in [9.17, 15) is 0 Å². The summed E-state index contributed by atoms with van der Waals surface area (Å²) in [4.78, 5) is 10.9. The van der Waals surface area contributed by atoms with Crippen molar-refractivity contribution in [2.24, 2.45) is 0 Å². The molecule has 4 heteroatoms. The summed E-state index contributed by atoms with van der Waals surface area (Å²) < 4.78 is 4.80. The lowest BCUT2D eigenvalue weighted by atomic mass is 9.99. The first-order chi connectivity index (χ1) is 24.8. The van der Waals surface area contributed by atoms with Crippen molar-refractivity contribution < 1.29 is 0 Å². The first-order valence-corrected chi connectivity index (χ1v) is 17.1. The average Bonchev–Trinajstić information content (AvgIpc) is 3.82. The molecule has 0 unspecified atom stereocenters. The number of hydrogen-bond acceptors (Lipinski definition) is 2. The highest BCUT2D eigenvalue weighted by atomic mass is 15.2. The third-order valence-corrected chi connectivity index (χ3v) is 10.8. The van der Waals surface area contributed by atoms with Crippen LogP contribution >= 0.6 is 0 Å². The highest BCUT2D eigenvalue weighted by Gasteiger charge is 2.26. The lowest BCUT2D eigenvalue weighted by Gasteiger charge is -2.13. The Morgan fingerprint density at radius 1 is 0.380 bits per heavy atom. The fourth-order valence-corrected chi connectivity index (χ4v) is 8.78. The van der Waals surface area contributed by atoms with Gasteiger partial charge in [-0.25, -0.2) is 9.97 Å². The van der Waals surface area contributed by atoms with E-state index < -0.39 is 0 Å². The van der Waals surface area contributed by atoms with Gasteiger partial charge in [0.2, 0.25) is 5.95 Å². The van der Waals surface area contributed by atoms with Gasteiger partial charge in [-0.1, -0.05) is 127 Å². The van der Waals surface area contributed by atoms with Gasteiger partial charge in [-0.05, 0) is 51.9 Å². The molecule has 0 spiro atoms. The molecule has 230 valence electrons. The lowest BCUT2D eigenvalue weighted by Crippen LogP contribution is -2.04. The Morgan fingerprint density at radius 3 is 1.90 bits per heavy atom. The van der Waals surface area contributed by atoms with Crippen LogP contribution in [-0.2, 0) is 0 Å². The number of hydrogen-bond donors (Lipinski definition) is 0. The van der Waals surface area contributed by atoms with Crippen LogP contribution in [0, 0.1) is 0 Å². The molecule has 4 heterocycles. The number of para-hydroxylation sites is 3. The van der Waals surface area contributed by atoms with E-state index in [2.05, 4.69) is 167 Å². The van der Waals surface area contributed by atoms with Crippen LogP contribution in [0.5, 0.6) is 0 Å². The topological polar surface area (TPSA) is 35.1 Å². The van der Waals surface area contributed by atoms with Crippen molar-refractivity contribution in [3.63, 3.8) is 0 Å². The fourth-order valence-electron chi connectivity index (χ4n) is 8.78. The molecular formula is C46H26N4. The lowest BCUT2D eigenvalue weighted by molar-refractivity contribution is 1.02. The molecule has 8 aromatic carbocycles. The van der Waals surface area contributed by atoms with Crippen molar-refractivity contribution in [1.29, 1.82) is 0 Å². The zero-order valence-electron chi connectivity index (χ0n) is 26.8. The Hall–Kier alpha value is -6.78. The minimum atomic E-state index is 0.672. The minimum Gasteiger partial charge on any atom is -0.308 e. The van der Waals surface area contributed by atoms with Crippen LogP contribution in [-0.4, -0.2) is 18.9 Å². The first-order valence-electron chi connectivity index (χ1n) is 17.1. The molecule has 0 radical (unpaired) electrons. The molecule has 0 aliphatic rings. The maximum atomic E-state index is 5.52. The van der Waals surface area contributed by atoms with Gasteiger partial charge in [0.05, 0.1) is 38.8 Å². The standard InChI is InChI=1S/C46H26N4/c1-3-15-29-27(12-1)14-11-20-32(29)43-33-18-5-8-21-37(33)47-46(48-43)50-38-22-9-6-17-31(38)35-26-36-41-30-16-4-2-13-28(30)24-25-40(41)49-39-23-10-7-19-34(39)42(44(35)50)45(36)49/h1-26H. The summed E-state index contributed by atoms with van der Waals surface area (Å²) in [5.41, 5.74) is 8.87. The van der Waals surface area contributed by atoms with Gasteiger partial charge >= 0.3 is 0 Å². The second-order valence-corrected chi connectivity index (χ2v) is 13.3. The average molecular weight is 635 g/mol. The number of fused-ring (bicyclic) bond motifs is 14. The van der Waals surface area contributed by atoms with Crippen molar-refractivity contribution in [3.8, 4) is 17.2 Å². The number of nitrogens with zero attached hydrogens (tertiary/aromatic N) is 4. The number of rotatable bonds is 2. The van der Waals surface area contributed by atoms with E-state index in [1.807, 2.05) is 0 Å². The summed E-state index contributed by atoms with van der Waals surface area (Å²) in [7, 11) is 0. The van der Waals surface area contributed by atoms with Crippen LogP contribution in [0.2, 0.25) is 0 Å². The molecule has 4 nitrogen and oxygen atoms in total. The summed E-state index contributed by atoms with van der Waals surface area (Å²) in [5.74, 6) is 0.672. The predicted molar refractivity (Wildman–Crippen MR) is 209 cm³/mol. The smallest absolute Gasteiger partial charge is 0.235 e. The van der Waals surface area contributed by atoms with Gasteiger partial charge in [-0.3, -0.25) is 4.57 Å². The van der Waals surface area contributed by atoms with Gasteiger partial charge in [0, 0.05) is 43.3 Å². The van der Waals surface area contributed by atoms with Crippen LogP contribution in [0.4, 0.5) is 0 Å². The van der Waals surface area contributed by atoms with Crippen molar-refractivity contribution in [3.05, 3.63) is 158 Å². The van der Waals surface area contributed by atoms with Crippen molar-refractivity contribution in [2.75, 3.05) is 0 Å². The molecule has 0 fully saturated rings. The predicted octanol–water partition coefficient (Wildman–Crippen LogP) is 11.9. The van der Waals surface area contributed by atoms with Crippen molar-refractivity contribution >= 4 is 92.3 Å². The van der Waals surface area contributed by atoms with Crippen LogP contribution in [0.25, 0.3) is 110 Å². The second kappa shape index (κ2) is 9.43. The summed E-state index contributed by atoms with van der Waals surface area (Å²) in [6, 6.07) is 56.8. The van der Waals surface area contributed by atoms with E-state index in [1.165, 1.54) is 70.4 Å². The van der Waals surface area contributed by atoms with Crippen LogP contribution in [0.3, 0.4) is 0 Å². The van der Waals surface area contributed by atoms with E-state index in [1.54, 1.807) is 0 Å². The molecule has 12 aromatic rings. The van der Waals surface area contributed by atoms with Crippen molar-refractivity contribution in [1.82, 2.24) is 18.9 Å². The van der Waals surface area contributed by atoms with Gasteiger partial charge in [-0.15, -0.1) is 0 Å². The third kappa shape index (κ3) is 3.25. The molecule has 0 aliphatic carbocycles. The zero-order chi connectivity index (χ0) is 32.5. The monoisotopic (exact) mass is 634 g/mol. The maximum absolute atomic E-state index is 5.52. The van der Waals surface area contributed by atoms with Crippen LogP contribution < -0.4 is 0 Å². The summed E-state index contributed by atoms with van der Waals surface area (Å²) in [6.07, 6.45) is 0. The van der Waals surface area contributed by atoms with E-state index in [0.717, 1.165) is 33.2 Å². The van der Waals surface area contributed by atoms with E-state index in [4.69, 9.17) is 9.97 Å². The quantitative estimate of drug-likeness (QED) is 0.190. The molecule has 12 rings (SSSR count). The van der Waals surface area contributed by atoms with E-state index in [0.29, 0.717) is 5.95 Å². The van der Waals surface area contributed by atoms with Gasteiger partial charge < -0.3 is 4.40 Å². The van der Waals surface area contributed by atoms with Gasteiger partial charge in [-0.2, -0.15) is 0 Å². The maximum Gasteiger partial charge on any atom is 0.235 e. The second-order valence-electron chi connectivity index (χ2n) is 13.3. The van der Waals surface area contributed by atoms with Gasteiger partial charge in [0.25, 0.3) is 0 Å². The highest BCUT2D eigenvalue weighted by Crippen LogP contribution is 2.47. The summed E-state index contributed by atoms with van der Waals surface area (Å²) in [5, 5.41) is 13.4. The number of benzene rings is 8. The molecule has 50 heavy (non-hydrogen) atoms. The molecule has 0 bridgehead atoms. The normalized spacial score (nSPS) is 12.4. The fraction of sp³-hybridized carbons (Fsp3) is 0. The highest BCUT2D eigenvalue weighted by molar-refractivity contribution is 6.36.